The fourth-order valence-electron chi connectivity index (χ4n) is 3.85. The van der Waals surface area contributed by atoms with Gasteiger partial charge < -0.3 is 19.3 Å². The first-order valence-corrected chi connectivity index (χ1v) is 11.3. The maximum Gasteiger partial charge on any atom is 0.338 e. The number of fused-ring (bicyclic) bond motifs is 1. The van der Waals surface area contributed by atoms with Crippen LogP contribution in [0.25, 0.3) is 6.08 Å². The highest BCUT2D eigenvalue weighted by Crippen LogP contribution is 2.35. The van der Waals surface area contributed by atoms with E-state index < -0.39 is 12.0 Å². The van der Waals surface area contributed by atoms with Crippen molar-refractivity contribution in [3.63, 3.8) is 0 Å². The van der Waals surface area contributed by atoms with Crippen LogP contribution in [0, 0.1) is 11.3 Å². The second kappa shape index (κ2) is 9.87. The summed E-state index contributed by atoms with van der Waals surface area (Å²) in [4.78, 5) is 31.3. The molecule has 2 heterocycles. The molecule has 2 aromatic carbocycles. The lowest BCUT2D eigenvalue weighted by molar-refractivity contribution is -0.136. The van der Waals surface area contributed by atoms with Gasteiger partial charge in [-0.3, -0.25) is 9.36 Å². The largest absolute Gasteiger partial charge is 0.504 e. The number of hydrogen-bond acceptors (Lipinski definition) is 9. The molecular formula is C25H21N3O6S. The van der Waals surface area contributed by atoms with Gasteiger partial charge >= 0.3 is 5.97 Å². The van der Waals surface area contributed by atoms with Crippen molar-refractivity contribution >= 4 is 23.4 Å². The van der Waals surface area contributed by atoms with Crippen molar-refractivity contribution in [3.05, 3.63) is 84.5 Å². The first kappa shape index (κ1) is 23.8. The van der Waals surface area contributed by atoms with Crippen LogP contribution >= 0.6 is 11.3 Å². The van der Waals surface area contributed by atoms with E-state index in [0.717, 1.165) is 0 Å². The molecule has 9 nitrogen and oxygen atoms in total. The summed E-state index contributed by atoms with van der Waals surface area (Å²) in [5.74, 6) is -0.0241. The first-order valence-electron chi connectivity index (χ1n) is 10.5. The highest BCUT2D eigenvalue weighted by Gasteiger charge is 2.33. The lowest BCUT2D eigenvalue weighted by atomic mass is 9.95. The summed E-state index contributed by atoms with van der Waals surface area (Å²) >= 11 is 1.17. The first-order chi connectivity index (χ1) is 16.9. The minimum absolute atomic E-state index is 0.0713. The van der Waals surface area contributed by atoms with Crippen molar-refractivity contribution < 1.29 is 24.1 Å². The second-order valence-corrected chi connectivity index (χ2v) is 8.50. The van der Waals surface area contributed by atoms with E-state index in [4.69, 9.17) is 19.5 Å². The molecule has 1 aromatic heterocycles. The predicted molar refractivity (Wildman–Crippen MR) is 128 cm³/mol. The molecule has 0 amide bonds. The summed E-state index contributed by atoms with van der Waals surface area (Å²) in [5, 5.41) is 18.9. The number of esters is 1. The van der Waals surface area contributed by atoms with Gasteiger partial charge in [0.1, 0.15) is 11.8 Å². The Morgan fingerprint density at radius 1 is 1.26 bits per heavy atom. The van der Waals surface area contributed by atoms with Gasteiger partial charge in [0, 0.05) is 5.56 Å². The Hall–Kier alpha value is -4.36. The van der Waals surface area contributed by atoms with Gasteiger partial charge in [-0.15, -0.1) is 0 Å². The van der Waals surface area contributed by atoms with E-state index in [1.807, 2.05) is 6.07 Å². The van der Waals surface area contributed by atoms with Crippen molar-refractivity contribution in [1.29, 1.82) is 5.26 Å². The fourth-order valence-corrected chi connectivity index (χ4v) is 4.89. The molecule has 1 aliphatic rings. The van der Waals surface area contributed by atoms with E-state index in [1.54, 1.807) is 49.4 Å². The molecule has 1 aliphatic heterocycles. The number of allylic oxidation sites excluding steroid dienone is 1. The summed E-state index contributed by atoms with van der Waals surface area (Å²) in [7, 11) is 2.68. The van der Waals surface area contributed by atoms with Crippen molar-refractivity contribution in [2.24, 2.45) is 4.99 Å². The molecule has 0 spiro atoms. The average Bonchev–Trinajstić information content (AvgIpc) is 3.16. The third-order valence-electron chi connectivity index (χ3n) is 5.44. The number of aromatic nitrogens is 1. The molecule has 10 heteroatoms. The number of nitriles is 1. The molecule has 0 saturated heterocycles. The molecule has 0 aliphatic carbocycles. The minimum atomic E-state index is -0.847. The number of phenols is 1. The zero-order valence-electron chi connectivity index (χ0n) is 19.1. The van der Waals surface area contributed by atoms with E-state index in [-0.39, 0.29) is 29.2 Å². The number of rotatable bonds is 6. The molecule has 35 heavy (non-hydrogen) atoms. The van der Waals surface area contributed by atoms with E-state index in [0.29, 0.717) is 31.9 Å². The van der Waals surface area contributed by atoms with Crippen LogP contribution in [0.15, 0.2) is 63.5 Å². The molecule has 0 fully saturated rings. The number of para-hydroxylation sites is 1. The Morgan fingerprint density at radius 2 is 2.03 bits per heavy atom. The Morgan fingerprint density at radius 3 is 2.74 bits per heavy atom. The Labute approximate surface area is 204 Å². The van der Waals surface area contributed by atoms with Gasteiger partial charge in [-0.1, -0.05) is 35.6 Å². The van der Waals surface area contributed by atoms with Crippen LogP contribution in [0.4, 0.5) is 0 Å². The summed E-state index contributed by atoms with van der Waals surface area (Å²) in [6.07, 6.45) is 1.67. The number of ether oxygens (including phenoxy) is 3. The summed E-state index contributed by atoms with van der Waals surface area (Å²) in [6, 6.07) is 12.8. The van der Waals surface area contributed by atoms with Gasteiger partial charge in [0.25, 0.3) is 5.56 Å². The summed E-state index contributed by atoms with van der Waals surface area (Å²) in [5.41, 5.74) is 1.42. The Balaban J connectivity index is 1.96. The van der Waals surface area contributed by atoms with Crippen molar-refractivity contribution in [2.75, 3.05) is 20.8 Å². The SMILES string of the molecule is COC(=O)C1=C(C)N=c2sc(=Cc3ccccc3OCC#N)c(=O)n2C1c1ccc(O)c(OC)c1. The molecule has 0 radical (unpaired) electrons. The number of nitrogens with zero attached hydrogens (tertiary/aromatic N) is 3. The highest BCUT2D eigenvalue weighted by molar-refractivity contribution is 7.07. The predicted octanol–water partition coefficient (Wildman–Crippen LogP) is 2.02. The van der Waals surface area contributed by atoms with Gasteiger partial charge in [-0.2, -0.15) is 5.26 Å². The van der Waals surface area contributed by atoms with Gasteiger partial charge in [0.2, 0.25) is 0 Å². The fraction of sp³-hybridized carbons (Fsp3) is 0.200. The number of thiazole rings is 1. The molecular weight excluding hydrogens is 470 g/mol. The molecule has 1 unspecified atom stereocenters. The maximum atomic E-state index is 13.6. The number of aromatic hydroxyl groups is 1. The van der Waals surface area contributed by atoms with Crippen LogP contribution in [-0.4, -0.2) is 36.5 Å². The van der Waals surface area contributed by atoms with Gasteiger partial charge in [0.05, 0.1) is 36.1 Å². The molecule has 4 rings (SSSR count). The number of methoxy groups -OCH3 is 2. The van der Waals surface area contributed by atoms with Crippen LogP contribution in [-0.2, 0) is 9.53 Å². The van der Waals surface area contributed by atoms with E-state index >= 15 is 0 Å². The summed E-state index contributed by atoms with van der Waals surface area (Å²) in [6.45, 7) is 1.55. The normalized spacial score (nSPS) is 15.1. The zero-order chi connectivity index (χ0) is 25.1. The molecule has 178 valence electrons. The number of hydrogen-bond donors (Lipinski definition) is 1. The molecule has 3 aromatic rings. The van der Waals surface area contributed by atoms with Crippen LogP contribution < -0.4 is 24.4 Å². The number of carbonyl (C=O) groups is 1. The van der Waals surface area contributed by atoms with E-state index in [2.05, 4.69) is 4.99 Å². The van der Waals surface area contributed by atoms with Gasteiger partial charge in [-0.25, -0.2) is 9.79 Å². The second-order valence-electron chi connectivity index (χ2n) is 7.49. The van der Waals surface area contributed by atoms with Gasteiger partial charge in [0.15, 0.2) is 22.9 Å². The van der Waals surface area contributed by atoms with Crippen LogP contribution in [0.1, 0.15) is 24.1 Å². The lowest BCUT2D eigenvalue weighted by Crippen LogP contribution is -2.39. The average molecular weight is 492 g/mol. The van der Waals surface area contributed by atoms with E-state index in [9.17, 15) is 14.7 Å². The lowest BCUT2D eigenvalue weighted by Gasteiger charge is -2.24. The quantitative estimate of drug-likeness (QED) is 0.524. The van der Waals surface area contributed by atoms with Gasteiger partial charge in [-0.05, 0) is 36.8 Å². The summed E-state index contributed by atoms with van der Waals surface area (Å²) < 4.78 is 17.5. The highest BCUT2D eigenvalue weighted by atomic mass is 32.1. The van der Waals surface area contributed by atoms with Crippen molar-refractivity contribution in [2.45, 2.75) is 13.0 Å². The molecule has 0 saturated carbocycles. The van der Waals surface area contributed by atoms with Crippen LogP contribution in [0.2, 0.25) is 0 Å². The van der Waals surface area contributed by atoms with Crippen molar-refractivity contribution in [1.82, 2.24) is 4.57 Å². The smallest absolute Gasteiger partial charge is 0.338 e. The van der Waals surface area contributed by atoms with E-state index in [1.165, 1.54) is 36.2 Å². The number of phenolic OH excluding ortho intramolecular Hbond substituents is 1. The van der Waals surface area contributed by atoms with Crippen LogP contribution in [0.3, 0.4) is 0 Å². The Kier molecular flexibility index (Phi) is 6.71. The van der Waals surface area contributed by atoms with Crippen LogP contribution in [0.5, 0.6) is 17.2 Å². The Bertz CT molecular complexity index is 1560. The number of carbonyl (C=O) groups excluding carboxylic acids is 1. The van der Waals surface area contributed by atoms with Crippen molar-refractivity contribution in [3.8, 4) is 23.3 Å². The molecule has 1 atom stereocenters. The molecule has 1 N–H and O–H groups in total. The maximum absolute atomic E-state index is 13.6. The monoisotopic (exact) mass is 491 g/mol. The third kappa shape index (κ3) is 4.41. The molecule has 0 bridgehead atoms. The minimum Gasteiger partial charge on any atom is -0.504 e. The third-order valence-corrected chi connectivity index (χ3v) is 6.43. The zero-order valence-corrected chi connectivity index (χ0v) is 20.0. The standard InChI is InChI=1S/C25H21N3O6S/c1-14-21(24(31)33-3)22(16-8-9-17(29)19(12-16)32-2)28-23(30)20(35-25(28)27-14)13-15-6-4-5-7-18(15)34-11-10-26/h4-9,12-13,22,29H,11H2,1-3H3. The topological polar surface area (TPSA) is 123 Å². The number of benzene rings is 2.